The minimum absolute atomic E-state index is 0.0950. The second-order valence-electron chi connectivity index (χ2n) is 5.81. The second-order valence-corrected chi connectivity index (χ2v) is 5.81. The Hall–Kier alpha value is -0.220. The topological polar surface area (TPSA) is 29.3 Å². The van der Waals surface area contributed by atoms with Crippen LogP contribution in [0.15, 0.2) is 0 Å². The van der Waals surface area contributed by atoms with Gasteiger partial charge in [0, 0.05) is 25.9 Å². The van der Waals surface area contributed by atoms with E-state index in [2.05, 4.69) is 4.90 Å². The predicted octanol–water partition coefficient (Wildman–Crippen LogP) is 2.48. The number of likely N-dealkylation sites (tertiary alicyclic amines) is 1. The Labute approximate surface area is 103 Å². The molecule has 1 saturated carbocycles. The SMILES string of the molecule is NCCC1CCCN(CC2CCC(F)(F)C2)C1. The maximum atomic E-state index is 13.1. The molecule has 2 aliphatic rings. The fraction of sp³-hybridized carbons (Fsp3) is 1.00. The highest BCUT2D eigenvalue weighted by Crippen LogP contribution is 2.39. The molecular weight excluding hydrogens is 222 g/mol. The summed E-state index contributed by atoms with van der Waals surface area (Å²) in [5, 5.41) is 0. The van der Waals surface area contributed by atoms with E-state index in [4.69, 9.17) is 5.73 Å². The van der Waals surface area contributed by atoms with Gasteiger partial charge in [0.15, 0.2) is 0 Å². The monoisotopic (exact) mass is 246 g/mol. The van der Waals surface area contributed by atoms with Crippen LogP contribution in [0.1, 0.15) is 38.5 Å². The van der Waals surface area contributed by atoms with Crippen molar-refractivity contribution in [3.05, 3.63) is 0 Å². The molecule has 1 aliphatic carbocycles. The number of hydrogen-bond acceptors (Lipinski definition) is 2. The molecule has 2 unspecified atom stereocenters. The lowest BCUT2D eigenvalue weighted by atomic mass is 9.94. The Morgan fingerprint density at radius 3 is 2.71 bits per heavy atom. The van der Waals surface area contributed by atoms with E-state index in [0.717, 1.165) is 32.6 Å². The highest BCUT2D eigenvalue weighted by atomic mass is 19.3. The van der Waals surface area contributed by atoms with Gasteiger partial charge in [0.1, 0.15) is 0 Å². The maximum Gasteiger partial charge on any atom is 0.248 e. The summed E-state index contributed by atoms with van der Waals surface area (Å²) in [6, 6.07) is 0. The minimum Gasteiger partial charge on any atom is -0.330 e. The third-order valence-electron chi connectivity index (χ3n) is 4.20. The largest absolute Gasteiger partial charge is 0.330 e. The smallest absolute Gasteiger partial charge is 0.248 e. The van der Waals surface area contributed by atoms with Crippen molar-refractivity contribution in [3.63, 3.8) is 0 Å². The summed E-state index contributed by atoms with van der Waals surface area (Å²) in [4.78, 5) is 2.38. The van der Waals surface area contributed by atoms with E-state index in [9.17, 15) is 8.78 Å². The number of nitrogens with two attached hydrogens (primary N) is 1. The summed E-state index contributed by atoms with van der Waals surface area (Å²) >= 11 is 0. The molecule has 0 aromatic carbocycles. The zero-order valence-electron chi connectivity index (χ0n) is 10.5. The molecule has 1 aliphatic heterocycles. The van der Waals surface area contributed by atoms with E-state index in [1.807, 2.05) is 0 Å². The minimum atomic E-state index is -2.39. The van der Waals surface area contributed by atoms with Crippen LogP contribution in [0.4, 0.5) is 8.78 Å². The van der Waals surface area contributed by atoms with Gasteiger partial charge >= 0.3 is 0 Å². The molecule has 0 bridgehead atoms. The fourth-order valence-electron chi connectivity index (χ4n) is 3.35. The van der Waals surface area contributed by atoms with Gasteiger partial charge < -0.3 is 10.6 Å². The molecule has 1 saturated heterocycles. The van der Waals surface area contributed by atoms with Crippen molar-refractivity contribution >= 4 is 0 Å². The zero-order valence-corrected chi connectivity index (χ0v) is 10.5. The number of halogens is 2. The van der Waals surface area contributed by atoms with E-state index in [1.165, 1.54) is 12.8 Å². The molecule has 1 heterocycles. The first-order valence-electron chi connectivity index (χ1n) is 6.89. The third kappa shape index (κ3) is 3.88. The van der Waals surface area contributed by atoms with Gasteiger partial charge in [0.25, 0.3) is 0 Å². The van der Waals surface area contributed by atoms with Gasteiger partial charge in [-0.15, -0.1) is 0 Å². The van der Waals surface area contributed by atoms with E-state index in [-0.39, 0.29) is 18.8 Å². The quantitative estimate of drug-likeness (QED) is 0.825. The van der Waals surface area contributed by atoms with Crippen LogP contribution in [0.5, 0.6) is 0 Å². The molecule has 0 spiro atoms. The van der Waals surface area contributed by atoms with E-state index in [0.29, 0.717) is 12.3 Å². The molecule has 17 heavy (non-hydrogen) atoms. The second kappa shape index (κ2) is 5.61. The van der Waals surface area contributed by atoms with Gasteiger partial charge in [0.05, 0.1) is 0 Å². The van der Waals surface area contributed by atoms with Crippen LogP contribution in [-0.2, 0) is 0 Å². The molecule has 0 aromatic rings. The molecular formula is C13H24F2N2. The Bertz CT molecular complexity index is 244. The summed E-state index contributed by atoms with van der Waals surface area (Å²) in [6.45, 7) is 3.78. The van der Waals surface area contributed by atoms with Crippen molar-refractivity contribution in [1.82, 2.24) is 4.90 Å². The summed E-state index contributed by atoms with van der Waals surface area (Å²) < 4.78 is 26.2. The van der Waals surface area contributed by atoms with Crippen LogP contribution in [0, 0.1) is 11.8 Å². The van der Waals surface area contributed by atoms with E-state index in [1.54, 1.807) is 0 Å². The summed E-state index contributed by atoms with van der Waals surface area (Å²) in [5.74, 6) is -1.49. The standard InChI is InChI=1S/C13H24F2N2/c14-13(15)5-3-12(8-13)10-17-7-1-2-11(9-17)4-6-16/h11-12H,1-10,16H2. The molecule has 0 amide bonds. The van der Waals surface area contributed by atoms with Crippen molar-refractivity contribution < 1.29 is 8.78 Å². The van der Waals surface area contributed by atoms with E-state index < -0.39 is 5.92 Å². The van der Waals surface area contributed by atoms with Gasteiger partial charge in [0.2, 0.25) is 5.92 Å². The summed E-state index contributed by atoms with van der Waals surface area (Å²) in [5.41, 5.74) is 5.59. The van der Waals surface area contributed by atoms with Crippen LogP contribution >= 0.6 is 0 Å². The lowest BCUT2D eigenvalue weighted by molar-refractivity contribution is 0.00270. The number of rotatable bonds is 4. The molecule has 2 atom stereocenters. The number of piperidine rings is 1. The Morgan fingerprint density at radius 2 is 2.06 bits per heavy atom. The zero-order chi connectivity index (χ0) is 12.3. The molecule has 2 N–H and O–H groups in total. The van der Waals surface area contributed by atoms with Crippen molar-refractivity contribution in [3.8, 4) is 0 Å². The van der Waals surface area contributed by atoms with Crippen molar-refractivity contribution in [2.24, 2.45) is 17.6 Å². The van der Waals surface area contributed by atoms with Gasteiger partial charge in [-0.3, -0.25) is 0 Å². The molecule has 0 aromatic heterocycles. The lowest BCUT2D eigenvalue weighted by Crippen LogP contribution is -2.39. The van der Waals surface area contributed by atoms with Crippen LogP contribution in [-0.4, -0.2) is 37.0 Å². The summed E-state index contributed by atoms with van der Waals surface area (Å²) in [7, 11) is 0. The number of hydrogen-bond donors (Lipinski definition) is 1. The molecule has 0 radical (unpaired) electrons. The van der Waals surface area contributed by atoms with Crippen molar-refractivity contribution in [2.75, 3.05) is 26.2 Å². The van der Waals surface area contributed by atoms with E-state index >= 15 is 0 Å². The number of nitrogens with zero attached hydrogens (tertiary/aromatic N) is 1. The average Bonchev–Trinajstić information content (AvgIpc) is 2.59. The maximum absolute atomic E-state index is 13.1. The highest BCUT2D eigenvalue weighted by molar-refractivity contribution is 4.84. The van der Waals surface area contributed by atoms with Crippen LogP contribution < -0.4 is 5.73 Å². The van der Waals surface area contributed by atoms with Gasteiger partial charge in [-0.1, -0.05) is 0 Å². The van der Waals surface area contributed by atoms with Crippen LogP contribution in [0.2, 0.25) is 0 Å². The molecule has 2 rings (SSSR count). The third-order valence-corrected chi connectivity index (χ3v) is 4.20. The molecule has 100 valence electrons. The first-order valence-corrected chi connectivity index (χ1v) is 6.89. The Kier molecular flexibility index (Phi) is 4.36. The Morgan fingerprint density at radius 1 is 1.24 bits per heavy atom. The summed E-state index contributed by atoms with van der Waals surface area (Å²) in [6.07, 6.45) is 4.44. The average molecular weight is 246 g/mol. The normalized spacial score (nSPS) is 34.1. The van der Waals surface area contributed by atoms with Crippen LogP contribution in [0.3, 0.4) is 0 Å². The van der Waals surface area contributed by atoms with Gasteiger partial charge in [-0.2, -0.15) is 0 Å². The lowest BCUT2D eigenvalue weighted by Gasteiger charge is -2.34. The fourth-order valence-corrected chi connectivity index (χ4v) is 3.35. The van der Waals surface area contributed by atoms with Gasteiger partial charge in [-0.05, 0) is 50.6 Å². The van der Waals surface area contributed by atoms with Crippen LogP contribution in [0.25, 0.3) is 0 Å². The van der Waals surface area contributed by atoms with Crippen molar-refractivity contribution in [1.29, 1.82) is 0 Å². The molecule has 4 heteroatoms. The first kappa shape index (κ1) is 13.2. The predicted molar refractivity (Wildman–Crippen MR) is 65.1 cm³/mol. The molecule has 2 nitrogen and oxygen atoms in total. The van der Waals surface area contributed by atoms with Crippen molar-refractivity contribution in [2.45, 2.75) is 44.4 Å². The molecule has 2 fully saturated rings. The first-order chi connectivity index (χ1) is 8.09. The Balaban J connectivity index is 1.75. The highest BCUT2D eigenvalue weighted by Gasteiger charge is 2.40. The van der Waals surface area contributed by atoms with Gasteiger partial charge in [-0.25, -0.2) is 8.78 Å². The number of alkyl halides is 2.